The molecule has 2 amide bonds. The molecule has 0 unspecified atom stereocenters. The number of esters is 1. The van der Waals surface area contributed by atoms with Crippen LogP contribution in [0.5, 0.6) is 11.5 Å². The number of nitrogens with one attached hydrogen (secondary N) is 2. The first-order chi connectivity index (χ1) is 16.4. The summed E-state index contributed by atoms with van der Waals surface area (Å²) in [6.07, 6.45) is 6.77. The zero-order valence-corrected chi connectivity index (χ0v) is 19.8. The fraction of sp³-hybridized carbons (Fsp3) is 0.320. The Morgan fingerprint density at radius 1 is 1.09 bits per heavy atom. The number of carbonyl (C=O) groups is 3. The number of carbonyl (C=O) groups excluding carboxylic acids is 3. The second kappa shape index (κ2) is 12.1. The van der Waals surface area contributed by atoms with E-state index in [2.05, 4.69) is 10.6 Å². The van der Waals surface area contributed by atoms with Crippen LogP contribution in [0.25, 0.3) is 6.08 Å². The van der Waals surface area contributed by atoms with E-state index >= 15 is 0 Å². The third-order valence-corrected chi connectivity index (χ3v) is 5.63. The van der Waals surface area contributed by atoms with Gasteiger partial charge < -0.3 is 24.8 Å². The maximum Gasteiger partial charge on any atom is 0.331 e. The zero-order valence-electron chi connectivity index (χ0n) is 19.1. The SMILES string of the molecule is COc1cc(/C=C/C(=O)OCC(=O)Nc2ccccc2C(=O)NC2CCCC2)cc(Cl)c1OC. The summed E-state index contributed by atoms with van der Waals surface area (Å²) < 4.78 is 15.4. The normalized spacial score (nSPS) is 13.5. The van der Waals surface area contributed by atoms with Crippen LogP contribution >= 0.6 is 11.6 Å². The van der Waals surface area contributed by atoms with Gasteiger partial charge in [-0.25, -0.2) is 4.79 Å². The molecule has 0 saturated heterocycles. The predicted molar refractivity (Wildman–Crippen MR) is 129 cm³/mol. The first kappa shape index (κ1) is 25.1. The lowest BCUT2D eigenvalue weighted by Crippen LogP contribution is -2.33. The van der Waals surface area contributed by atoms with Crippen molar-refractivity contribution in [2.75, 3.05) is 26.1 Å². The summed E-state index contributed by atoms with van der Waals surface area (Å²) in [4.78, 5) is 37.0. The molecule has 1 fully saturated rings. The van der Waals surface area contributed by atoms with Crippen LogP contribution < -0.4 is 20.1 Å². The average Bonchev–Trinajstić information content (AvgIpc) is 3.34. The molecule has 0 atom stereocenters. The summed E-state index contributed by atoms with van der Waals surface area (Å²) in [6.45, 7) is -0.506. The molecule has 1 aliphatic carbocycles. The molecule has 0 spiro atoms. The molecule has 3 rings (SSSR count). The molecule has 2 aromatic carbocycles. The molecule has 1 saturated carbocycles. The van der Waals surface area contributed by atoms with Gasteiger partial charge in [0.25, 0.3) is 11.8 Å². The molecular formula is C25H27ClN2O6. The van der Waals surface area contributed by atoms with Gasteiger partial charge in [0, 0.05) is 12.1 Å². The van der Waals surface area contributed by atoms with E-state index in [9.17, 15) is 14.4 Å². The monoisotopic (exact) mass is 486 g/mol. The Morgan fingerprint density at radius 3 is 2.53 bits per heavy atom. The molecule has 1 aliphatic rings. The number of hydrogen-bond acceptors (Lipinski definition) is 6. The van der Waals surface area contributed by atoms with Crippen LogP contribution in [-0.4, -0.2) is 44.7 Å². The number of benzene rings is 2. The first-order valence-corrected chi connectivity index (χ1v) is 11.2. The van der Waals surface area contributed by atoms with Crippen LogP contribution in [0.2, 0.25) is 5.02 Å². The van der Waals surface area contributed by atoms with Crippen molar-refractivity contribution in [1.82, 2.24) is 5.32 Å². The molecule has 0 heterocycles. The highest BCUT2D eigenvalue weighted by molar-refractivity contribution is 6.32. The van der Waals surface area contributed by atoms with Gasteiger partial charge in [-0.2, -0.15) is 0 Å². The molecule has 0 bridgehead atoms. The second-order valence-corrected chi connectivity index (χ2v) is 8.14. The number of hydrogen-bond donors (Lipinski definition) is 2. The number of ether oxygens (including phenoxy) is 3. The Bertz CT molecular complexity index is 1080. The second-order valence-electron chi connectivity index (χ2n) is 7.73. The van der Waals surface area contributed by atoms with Crippen molar-refractivity contribution in [1.29, 1.82) is 0 Å². The van der Waals surface area contributed by atoms with Gasteiger partial charge in [0.2, 0.25) is 0 Å². The molecule has 0 radical (unpaired) electrons. The van der Waals surface area contributed by atoms with E-state index in [0.29, 0.717) is 33.3 Å². The molecule has 180 valence electrons. The van der Waals surface area contributed by atoms with Crippen LogP contribution in [-0.2, 0) is 14.3 Å². The average molecular weight is 487 g/mol. The van der Waals surface area contributed by atoms with E-state index in [4.69, 9.17) is 25.8 Å². The highest BCUT2D eigenvalue weighted by atomic mass is 35.5. The summed E-state index contributed by atoms with van der Waals surface area (Å²) in [5.74, 6) is -0.711. The van der Waals surface area contributed by atoms with E-state index < -0.39 is 18.5 Å². The van der Waals surface area contributed by atoms with Gasteiger partial charge in [-0.15, -0.1) is 0 Å². The van der Waals surface area contributed by atoms with E-state index in [-0.39, 0.29) is 11.9 Å². The minimum Gasteiger partial charge on any atom is -0.493 e. The van der Waals surface area contributed by atoms with Crippen molar-refractivity contribution in [2.24, 2.45) is 0 Å². The molecule has 0 aliphatic heterocycles. The van der Waals surface area contributed by atoms with Gasteiger partial charge in [0.05, 0.1) is 30.5 Å². The molecule has 9 heteroatoms. The maximum atomic E-state index is 12.6. The highest BCUT2D eigenvalue weighted by Gasteiger charge is 2.20. The van der Waals surface area contributed by atoms with Crippen molar-refractivity contribution >= 4 is 41.1 Å². The third kappa shape index (κ3) is 6.74. The summed E-state index contributed by atoms with van der Waals surface area (Å²) in [7, 11) is 2.95. The van der Waals surface area contributed by atoms with Gasteiger partial charge in [-0.3, -0.25) is 9.59 Å². The fourth-order valence-corrected chi connectivity index (χ4v) is 3.99. The van der Waals surface area contributed by atoms with E-state index in [0.717, 1.165) is 25.7 Å². The quantitative estimate of drug-likeness (QED) is 0.406. The van der Waals surface area contributed by atoms with E-state index in [1.807, 2.05) is 0 Å². The van der Waals surface area contributed by atoms with Crippen molar-refractivity contribution in [3.05, 3.63) is 58.6 Å². The Morgan fingerprint density at radius 2 is 1.82 bits per heavy atom. The number of methoxy groups -OCH3 is 2. The standard InChI is InChI=1S/C25H27ClN2O6/c1-32-21-14-16(13-19(26)24(21)33-2)11-12-23(30)34-15-22(29)28-20-10-6-5-9-18(20)25(31)27-17-7-3-4-8-17/h5-6,9-14,17H,3-4,7-8,15H2,1-2H3,(H,27,31)(H,28,29)/b12-11+. The molecule has 8 nitrogen and oxygen atoms in total. The van der Waals surface area contributed by atoms with Crippen LogP contribution in [0.3, 0.4) is 0 Å². The Hall–Kier alpha value is -3.52. The number of anilines is 1. The summed E-state index contributed by atoms with van der Waals surface area (Å²) >= 11 is 6.15. The molecule has 0 aromatic heterocycles. The topological polar surface area (TPSA) is 103 Å². The van der Waals surface area contributed by atoms with Gasteiger partial charge >= 0.3 is 5.97 Å². The lowest BCUT2D eigenvalue weighted by atomic mass is 10.1. The van der Waals surface area contributed by atoms with E-state index in [1.165, 1.54) is 26.4 Å². The van der Waals surface area contributed by atoms with Crippen LogP contribution in [0.15, 0.2) is 42.5 Å². The lowest BCUT2D eigenvalue weighted by Gasteiger charge is -2.15. The van der Waals surface area contributed by atoms with Crippen LogP contribution in [0, 0.1) is 0 Å². The van der Waals surface area contributed by atoms with Gasteiger partial charge in [0.1, 0.15) is 0 Å². The van der Waals surface area contributed by atoms with Crippen LogP contribution in [0.1, 0.15) is 41.6 Å². The smallest absolute Gasteiger partial charge is 0.331 e. The highest BCUT2D eigenvalue weighted by Crippen LogP contribution is 2.36. The first-order valence-electron chi connectivity index (χ1n) is 10.9. The molecule has 2 aromatic rings. The van der Waals surface area contributed by atoms with Gasteiger partial charge in [-0.05, 0) is 48.7 Å². The van der Waals surface area contributed by atoms with Crippen molar-refractivity contribution in [3.63, 3.8) is 0 Å². The number of halogens is 1. The number of amides is 2. The van der Waals surface area contributed by atoms with Gasteiger partial charge in [-0.1, -0.05) is 36.6 Å². The zero-order chi connectivity index (χ0) is 24.5. The third-order valence-electron chi connectivity index (χ3n) is 5.35. The maximum absolute atomic E-state index is 12.6. The molecular weight excluding hydrogens is 460 g/mol. The van der Waals surface area contributed by atoms with Crippen molar-refractivity contribution < 1.29 is 28.6 Å². The Labute approximate surface area is 203 Å². The fourth-order valence-electron chi connectivity index (χ4n) is 3.69. The minimum atomic E-state index is -0.715. The number of para-hydroxylation sites is 1. The summed E-state index contributed by atoms with van der Waals surface area (Å²) in [5.41, 5.74) is 1.31. The van der Waals surface area contributed by atoms with Gasteiger partial charge in [0.15, 0.2) is 18.1 Å². The largest absolute Gasteiger partial charge is 0.493 e. The molecule has 34 heavy (non-hydrogen) atoms. The summed E-state index contributed by atoms with van der Waals surface area (Å²) in [5, 5.41) is 5.96. The predicted octanol–water partition coefficient (Wildman–Crippen LogP) is 4.22. The minimum absolute atomic E-state index is 0.157. The van der Waals surface area contributed by atoms with E-state index in [1.54, 1.807) is 36.4 Å². The van der Waals surface area contributed by atoms with Crippen molar-refractivity contribution in [3.8, 4) is 11.5 Å². The lowest BCUT2D eigenvalue weighted by molar-refractivity contribution is -0.142. The summed E-state index contributed by atoms with van der Waals surface area (Å²) in [6, 6.07) is 10.1. The Balaban J connectivity index is 1.55. The Kier molecular flexibility index (Phi) is 8.93. The number of rotatable bonds is 9. The van der Waals surface area contributed by atoms with Crippen molar-refractivity contribution in [2.45, 2.75) is 31.7 Å². The molecule has 2 N–H and O–H groups in total. The van der Waals surface area contributed by atoms with Crippen LogP contribution in [0.4, 0.5) is 5.69 Å².